The van der Waals surface area contributed by atoms with E-state index < -0.39 is 0 Å². The highest BCUT2D eigenvalue weighted by molar-refractivity contribution is 5.56. The van der Waals surface area contributed by atoms with Crippen LogP contribution in [0.3, 0.4) is 0 Å². The van der Waals surface area contributed by atoms with Crippen LogP contribution in [0.5, 0.6) is 11.5 Å². The number of para-hydroxylation sites is 2. The van der Waals surface area contributed by atoms with Gasteiger partial charge in [0.15, 0.2) is 0 Å². The van der Waals surface area contributed by atoms with Crippen molar-refractivity contribution in [3.63, 3.8) is 0 Å². The molecule has 0 fully saturated rings. The van der Waals surface area contributed by atoms with Gasteiger partial charge >= 0.3 is 0 Å². The number of nitrogens with one attached hydrogen (secondary N) is 1. The second kappa shape index (κ2) is 7.43. The summed E-state index contributed by atoms with van der Waals surface area (Å²) in [6, 6.07) is 16.1. The molecule has 1 N–H and O–H groups in total. The molecule has 0 amide bonds. The van der Waals surface area contributed by atoms with Crippen molar-refractivity contribution in [2.75, 3.05) is 25.6 Å². The zero-order chi connectivity index (χ0) is 14.2. The molecule has 2 rings (SSSR count). The van der Waals surface area contributed by atoms with Crippen LogP contribution in [-0.2, 0) is 6.42 Å². The number of ether oxygens (including phenoxy) is 2. The summed E-state index contributed by atoms with van der Waals surface area (Å²) < 4.78 is 11.0. The summed E-state index contributed by atoms with van der Waals surface area (Å²) in [6.07, 6.45) is 1.05. The number of benzene rings is 2. The SMILES string of the molecule is CCc1ccc(OCCNc2ccccc2OC)cc1. The van der Waals surface area contributed by atoms with Crippen molar-refractivity contribution in [1.82, 2.24) is 0 Å². The smallest absolute Gasteiger partial charge is 0.141 e. The predicted molar refractivity (Wildman–Crippen MR) is 82.8 cm³/mol. The molecular formula is C17H21NO2. The van der Waals surface area contributed by atoms with Crippen LogP contribution in [0, 0.1) is 0 Å². The minimum atomic E-state index is 0.615. The summed E-state index contributed by atoms with van der Waals surface area (Å²) in [6.45, 7) is 3.49. The van der Waals surface area contributed by atoms with Crippen LogP contribution < -0.4 is 14.8 Å². The first kappa shape index (κ1) is 14.3. The first-order valence-corrected chi connectivity index (χ1v) is 6.92. The van der Waals surface area contributed by atoms with Crippen LogP contribution in [0.15, 0.2) is 48.5 Å². The molecule has 0 aliphatic heterocycles. The number of rotatable bonds is 7. The normalized spacial score (nSPS) is 10.1. The van der Waals surface area contributed by atoms with Gasteiger partial charge in [-0.25, -0.2) is 0 Å². The Bertz CT molecular complexity index is 523. The summed E-state index contributed by atoms with van der Waals surface area (Å²) in [4.78, 5) is 0. The standard InChI is InChI=1S/C17H21NO2/c1-3-14-8-10-15(11-9-14)20-13-12-18-16-6-4-5-7-17(16)19-2/h4-11,18H,3,12-13H2,1-2H3. The van der Waals surface area contributed by atoms with Gasteiger partial charge in [-0.15, -0.1) is 0 Å². The van der Waals surface area contributed by atoms with Gasteiger partial charge in [-0.3, -0.25) is 0 Å². The number of anilines is 1. The average molecular weight is 271 g/mol. The van der Waals surface area contributed by atoms with Crippen molar-refractivity contribution < 1.29 is 9.47 Å². The lowest BCUT2D eigenvalue weighted by Gasteiger charge is -2.11. The molecule has 3 nitrogen and oxygen atoms in total. The molecule has 0 radical (unpaired) electrons. The molecule has 2 aromatic carbocycles. The maximum Gasteiger partial charge on any atom is 0.141 e. The summed E-state index contributed by atoms with van der Waals surface area (Å²) in [5.74, 6) is 1.75. The second-order valence-electron chi connectivity index (χ2n) is 4.47. The highest BCUT2D eigenvalue weighted by Crippen LogP contribution is 2.22. The first-order chi connectivity index (χ1) is 9.83. The van der Waals surface area contributed by atoms with Gasteiger partial charge in [0.25, 0.3) is 0 Å². The van der Waals surface area contributed by atoms with Crippen LogP contribution in [0.25, 0.3) is 0 Å². The molecule has 0 saturated heterocycles. The predicted octanol–water partition coefficient (Wildman–Crippen LogP) is 3.75. The molecule has 0 aliphatic rings. The van der Waals surface area contributed by atoms with E-state index in [-0.39, 0.29) is 0 Å². The van der Waals surface area contributed by atoms with E-state index in [0.29, 0.717) is 6.61 Å². The van der Waals surface area contributed by atoms with E-state index >= 15 is 0 Å². The average Bonchev–Trinajstić information content (AvgIpc) is 2.52. The molecule has 0 aromatic heterocycles. The molecule has 106 valence electrons. The van der Waals surface area contributed by atoms with Gasteiger partial charge < -0.3 is 14.8 Å². The van der Waals surface area contributed by atoms with Crippen LogP contribution in [0.1, 0.15) is 12.5 Å². The van der Waals surface area contributed by atoms with Crippen molar-refractivity contribution in [3.8, 4) is 11.5 Å². The third kappa shape index (κ3) is 3.92. The van der Waals surface area contributed by atoms with E-state index in [1.807, 2.05) is 36.4 Å². The van der Waals surface area contributed by atoms with E-state index in [2.05, 4.69) is 24.4 Å². The Labute approximate surface area is 120 Å². The number of hydrogen-bond donors (Lipinski definition) is 1. The van der Waals surface area contributed by atoms with E-state index in [0.717, 1.165) is 30.2 Å². The van der Waals surface area contributed by atoms with Crippen molar-refractivity contribution in [1.29, 1.82) is 0 Å². The van der Waals surface area contributed by atoms with Gasteiger partial charge in [0.1, 0.15) is 18.1 Å². The number of methoxy groups -OCH3 is 1. The molecule has 0 saturated carbocycles. The lowest BCUT2D eigenvalue weighted by Crippen LogP contribution is -2.12. The Balaban J connectivity index is 1.78. The van der Waals surface area contributed by atoms with E-state index in [4.69, 9.17) is 9.47 Å². The maximum absolute atomic E-state index is 5.70. The zero-order valence-electron chi connectivity index (χ0n) is 12.1. The molecule has 0 aliphatic carbocycles. The van der Waals surface area contributed by atoms with Crippen LogP contribution in [0.2, 0.25) is 0 Å². The van der Waals surface area contributed by atoms with Crippen LogP contribution >= 0.6 is 0 Å². The Morgan fingerprint density at radius 1 is 1.00 bits per heavy atom. The first-order valence-electron chi connectivity index (χ1n) is 6.92. The van der Waals surface area contributed by atoms with Crippen molar-refractivity contribution >= 4 is 5.69 Å². The zero-order valence-corrected chi connectivity index (χ0v) is 12.1. The fourth-order valence-electron chi connectivity index (χ4n) is 1.97. The Morgan fingerprint density at radius 3 is 2.45 bits per heavy atom. The monoisotopic (exact) mass is 271 g/mol. The van der Waals surface area contributed by atoms with Crippen molar-refractivity contribution in [3.05, 3.63) is 54.1 Å². The highest BCUT2D eigenvalue weighted by Gasteiger charge is 2.00. The quantitative estimate of drug-likeness (QED) is 0.778. The third-order valence-corrected chi connectivity index (χ3v) is 3.12. The molecule has 0 atom stereocenters. The highest BCUT2D eigenvalue weighted by atomic mass is 16.5. The van der Waals surface area contributed by atoms with Crippen LogP contribution in [0.4, 0.5) is 5.69 Å². The van der Waals surface area contributed by atoms with E-state index in [1.54, 1.807) is 7.11 Å². The van der Waals surface area contributed by atoms with Crippen LogP contribution in [-0.4, -0.2) is 20.3 Å². The third-order valence-electron chi connectivity index (χ3n) is 3.12. The fraction of sp³-hybridized carbons (Fsp3) is 0.294. The van der Waals surface area contributed by atoms with Gasteiger partial charge in [-0.1, -0.05) is 31.2 Å². The van der Waals surface area contributed by atoms with Gasteiger partial charge in [-0.05, 0) is 36.2 Å². The Kier molecular flexibility index (Phi) is 5.30. The largest absolute Gasteiger partial charge is 0.495 e. The summed E-state index contributed by atoms with van der Waals surface area (Å²) in [7, 11) is 1.67. The summed E-state index contributed by atoms with van der Waals surface area (Å²) in [5, 5.41) is 3.31. The van der Waals surface area contributed by atoms with E-state index in [1.165, 1.54) is 5.56 Å². The number of hydrogen-bond acceptors (Lipinski definition) is 3. The topological polar surface area (TPSA) is 30.5 Å². The molecular weight excluding hydrogens is 250 g/mol. The molecule has 3 heteroatoms. The minimum Gasteiger partial charge on any atom is -0.495 e. The maximum atomic E-state index is 5.70. The van der Waals surface area contributed by atoms with Gasteiger partial charge in [0, 0.05) is 6.54 Å². The molecule has 20 heavy (non-hydrogen) atoms. The van der Waals surface area contributed by atoms with Gasteiger partial charge in [0.05, 0.1) is 12.8 Å². The molecule has 0 spiro atoms. The minimum absolute atomic E-state index is 0.615. The molecule has 0 heterocycles. The second-order valence-corrected chi connectivity index (χ2v) is 4.47. The van der Waals surface area contributed by atoms with Gasteiger partial charge in [0.2, 0.25) is 0 Å². The Hall–Kier alpha value is -2.16. The lowest BCUT2D eigenvalue weighted by atomic mass is 10.2. The van der Waals surface area contributed by atoms with E-state index in [9.17, 15) is 0 Å². The summed E-state index contributed by atoms with van der Waals surface area (Å²) in [5.41, 5.74) is 2.31. The Morgan fingerprint density at radius 2 is 1.75 bits per heavy atom. The lowest BCUT2D eigenvalue weighted by molar-refractivity contribution is 0.332. The molecule has 0 unspecified atom stereocenters. The van der Waals surface area contributed by atoms with Crippen molar-refractivity contribution in [2.24, 2.45) is 0 Å². The summed E-state index contributed by atoms with van der Waals surface area (Å²) >= 11 is 0. The molecule has 2 aromatic rings. The number of aryl methyl sites for hydroxylation is 1. The van der Waals surface area contributed by atoms with Gasteiger partial charge in [-0.2, -0.15) is 0 Å². The van der Waals surface area contributed by atoms with Crippen molar-refractivity contribution in [2.45, 2.75) is 13.3 Å². The molecule has 0 bridgehead atoms. The fourth-order valence-corrected chi connectivity index (χ4v) is 1.97.